The first kappa shape index (κ1) is 37.6. The van der Waals surface area contributed by atoms with E-state index in [4.69, 9.17) is 0 Å². The molecule has 298 valence electrons. The van der Waals surface area contributed by atoms with Crippen LogP contribution in [0.25, 0.3) is 60.9 Å². The summed E-state index contributed by atoms with van der Waals surface area (Å²) in [6.07, 6.45) is 0. The van der Waals surface area contributed by atoms with Gasteiger partial charge in [-0.25, -0.2) is 0 Å². The fourth-order valence-corrected chi connectivity index (χ4v) is 8.92. The molecule has 63 heavy (non-hydrogen) atoms. The fraction of sp³-hybridized carbons (Fsp3) is 0. The number of anilines is 6. The Labute approximate surface area is 368 Å². The predicted octanol–water partition coefficient (Wildman–Crippen LogP) is 16.7. The smallest absolute Gasteiger partial charge is 0.0542 e. The SMILES string of the molecule is c1ccc(-c2ccc(-c3cccc(-n4c5ccccc5c5cc(N(c6ccccc6)c6ccc(-c7ccc(N(c8ccccc8)c8ccccc8)cc7)cc6)ccc54)c3)cc2)cc1. The van der Waals surface area contributed by atoms with Crippen LogP contribution in [-0.4, -0.2) is 4.57 Å². The fourth-order valence-electron chi connectivity index (χ4n) is 8.92. The maximum absolute atomic E-state index is 2.40. The summed E-state index contributed by atoms with van der Waals surface area (Å²) in [5.74, 6) is 0. The predicted molar refractivity (Wildman–Crippen MR) is 266 cm³/mol. The third-order valence-electron chi connectivity index (χ3n) is 12.0. The van der Waals surface area contributed by atoms with Gasteiger partial charge in [-0.1, -0.05) is 164 Å². The molecule has 3 heteroatoms. The van der Waals surface area contributed by atoms with Gasteiger partial charge in [0.1, 0.15) is 0 Å². The maximum Gasteiger partial charge on any atom is 0.0542 e. The molecule has 0 atom stereocenters. The number of hydrogen-bond donors (Lipinski definition) is 0. The summed E-state index contributed by atoms with van der Waals surface area (Å²) < 4.78 is 2.40. The topological polar surface area (TPSA) is 11.4 Å². The highest BCUT2D eigenvalue weighted by molar-refractivity contribution is 6.10. The number of fused-ring (bicyclic) bond motifs is 3. The lowest BCUT2D eigenvalue weighted by Gasteiger charge is -2.26. The third kappa shape index (κ3) is 7.32. The number of rotatable bonds is 10. The molecule has 0 saturated carbocycles. The van der Waals surface area contributed by atoms with Gasteiger partial charge >= 0.3 is 0 Å². The Bertz CT molecular complexity index is 3250. The average molecular weight is 806 g/mol. The second kappa shape index (κ2) is 16.6. The van der Waals surface area contributed by atoms with Crippen LogP contribution in [0.3, 0.4) is 0 Å². The number of hydrogen-bond acceptors (Lipinski definition) is 2. The number of nitrogens with zero attached hydrogens (tertiary/aromatic N) is 3. The van der Waals surface area contributed by atoms with E-state index < -0.39 is 0 Å². The third-order valence-corrected chi connectivity index (χ3v) is 12.0. The van der Waals surface area contributed by atoms with E-state index in [1.807, 2.05) is 0 Å². The molecule has 0 aliphatic heterocycles. The zero-order valence-corrected chi connectivity index (χ0v) is 34.7. The van der Waals surface area contributed by atoms with Gasteiger partial charge in [-0.15, -0.1) is 0 Å². The molecule has 10 aromatic carbocycles. The van der Waals surface area contributed by atoms with E-state index in [-0.39, 0.29) is 0 Å². The minimum Gasteiger partial charge on any atom is -0.311 e. The largest absolute Gasteiger partial charge is 0.311 e. The van der Waals surface area contributed by atoms with Crippen molar-refractivity contribution in [3.05, 3.63) is 261 Å². The molecule has 0 spiro atoms. The van der Waals surface area contributed by atoms with Crippen molar-refractivity contribution >= 4 is 55.9 Å². The Morgan fingerprint density at radius 1 is 0.222 bits per heavy atom. The molecule has 0 N–H and O–H groups in total. The van der Waals surface area contributed by atoms with E-state index >= 15 is 0 Å². The second-order valence-electron chi connectivity index (χ2n) is 15.8. The number of aromatic nitrogens is 1. The van der Waals surface area contributed by atoms with Crippen LogP contribution in [0.5, 0.6) is 0 Å². The Morgan fingerprint density at radius 2 is 0.587 bits per heavy atom. The van der Waals surface area contributed by atoms with E-state index in [2.05, 4.69) is 275 Å². The van der Waals surface area contributed by atoms with Gasteiger partial charge < -0.3 is 14.4 Å². The van der Waals surface area contributed by atoms with Gasteiger partial charge in [0, 0.05) is 50.6 Å². The minimum absolute atomic E-state index is 1.09. The summed E-state index contributed by atoms with van der Waals surface area (Å²) in [7, 11) is 0. The second-order valence-corrected chi connectivity index (χ2v) is 15.8. The van der Waals surface area contributed by atoms with Crippen molar-refractivity contribution in [1.29, 1.82) is 0 Å². The van der Waals surface area contributed by atoms with Gasteiger partial charge in [0.25, 0.3) is 0 Å². The van der Waals surface area contributed by atoms with Crippen LogP contribution in [-0.2, 0) is 0 Å². The first-order chi connectivity index (χ1) is 31.2. The summed E-state index contributed by atoms with van der Waals surface area (Å²) in [6, 6.07) is 93.6. The van der Waals surface area contributed by atoms with E-state index in [0.717, 1.165) is 45.4 Å². The monoisotopic (exact) mass is 805 g/mol. The highest BCUT2D eigenvalue weighted by atomic mass is 15.1. The molecule has 0 fully saturated rings. The van der Waals surface area contributed by atoms with Crippen LogP contribution < -0.4 is 9.80 Å². The zero-order valence-electron chi connectivity index (χ0n) is 34.7. The quantitative estimate of drug-likeness (QED) is 0.136. The lowest BCUT2D eigenvalue weighted by Crippen LogP contribution is -2.10. The molecule has 0 aliphatic carbocycles. The number of benzene rings is 10. The zero-order chi connectivity index (χ0) is 42.0. The molecular formula is C60H43N3. The van der Waals surface area contributed by atoms with Crippen LogP contribution in [0.15, 0.2) is 261 Å². The molecule has 0 amide bonds. The van der Waals surface area contributed by atoms with Crippen molar-refractivity contribution in [3.63, 3.8) is 0 Å². The normalized spacial score (nSPS) is 11.2. The summed E-state index contributed by atoms with van der Waals surface area (Å²) in [5, 5.41) is 2.43. The van der Waals surface area contributed by atoms with E-state index in [1.54, 1.807) is 0 Å². The van der Waals surface area contributed by atoms with Crippen molar-refractivity contribution in [3.8, 4) is 39.1 Å². The van der Waals surface area contributed by atoms with Gasteiger partial charge in [0.05, 0.1) is 11.0 Å². The molecule has 1 heterocycles. The van der Waals surface area contributed by atoms with Gasteiger partial charge in [-0.2, -0.15) is 0 Å². The highest BCUT2D eigenvalue weighted by Crippen LogP contribution is 2.41. The molecule has 11 aromatic rings. The Morgan fingerprint density at radius 3 is 1.13 bits per heavy atom. The molecule has 1 aromatic heterocycles. The maximum atomic E-state index is 2.40. The van der Waals surface area contributed by atoms with E-state index in [0.29, 0.717) is 0 Å². The summed E-state index contributed by atoms with van der Waals surface area (Å²) in [6.45, 7) is 0. The Kier molecular flexibility index (Phi) is 9.89. The molecule has 0 unspecified atom stereocenters. The standard InChI is InChI=1S/C60H43N3/c1-5-16-44(17-6-1)45-28-30-48(31-29-45)49-18-15-25-55(42-49)63-59-27-14-13-26-57(59)58-43-56(40-41-60(58)63)62(52-23-11-4-12-24-52)54-38-34-47(35-39-54)46-32-36-53(37-33-46)61(50-19-7-2-8-20-50)51-21-9-3-10-22-51/h1-43H. The Balaban J connectivity index is 0.934. The molecule has 11 rings (SSSR count). The Hall–Kier alpha value is -8.40. The van der Waals surface area contributed by atoms with Crippen molar-refractivity contribution in [2.75, 3.05) is 9.80 Å². The van der Waals surface area contributed by atoms with Crippen LogP contribution in [0.2, 0.25) is 0 Å². The van der Waals surface area contributed by atoms with Crippen molar-refractivity contribution in [2.45, 2.75) is 0 Å². The highest BCUT2D eigenvalue weighted by Gasteiger charge is 2.18. The van der Waals surface area contributed by atoms with Gasteiger partial charge in [-0.3, -0.25) is 0 Å². The summed E-state index contributed by atoms with van der Waals surface area (Å²) in [4.78, 5) is 4.65. The van der Waals surface area contributed by atoms with Gasteiger partial charge in [-0.05, 0) is 130 Å². The van der Waals surface area contributed by atoms with Gasteiger partial charge in [0.15, 0.2) is 0 Å². The first-order valence-electron chi connectivity index (χ1n) is 21.5. The van der Waals surface area contributed by atoms with E-state index in [9.17, 15) is 0 Å². The lowest BCUT2D eigenvalue weighted by atomic mass is 10.00. The molecular weight excluding hydrogens is 763 g/mol. The average Bonchev–Trinajstić information content (AvgIpc) is 3.70. The number of para-hydroxylation sites is 4. The minimum atomic E-state index is 1.09. The molecule has 0 radical (unpaired) electrons. The summed E-state index contributed by atoms with van der Waals surface area (Å²) in [5.41, 5.74) is 17.3. The van der Waals surface area contributed by atoms with Crippen LogP contribution in [0.1, 0.15) is 0 Å². The van der Waals surface area contributed by atoms with Crippen molar-refractivity contribution < 1.29 is 0 Å². The molecule has 0 bridgehead atoms. The van der Waals surface area contributed by atoms with E-state index in [1.165, 1.54) is 49.6 Å². The molecule has 0 saturated heterocycles. The lowest BCUT2D eigenvalue weighted by molar-refractivity contribution is 1.18. The summed E-state index contributed by atoms with van der Waals surface area (Å²) >= 11 is 0. The van der Waals surface area contributed by atoms with Crippen molar-refractivity contribution in [2.24, 2.45) is 0 Å². The van der Waals surface area contributed by atoms with Crippen LogP contribution in [0.4, 0.5) is 34.1 Å². The molecule has 0 aliphatic rings. The molecule has 3 nitrogen and oxygen atoms in total. The van der Waals surface area contributed by atoms with Gasteiger partial charge in [0.2, 0.25) is 0 Å². The van der Waals surface area contributed by atoms with Crippen LogP contribution >= 0.6 is 0 Å². The first-order valence-corrected chi connectivity index (χ1v) is 21.5. The van der Waals surface area contributed by atoms with Crippen LogP contribution in [0, 0.1) is 0 Å². The van der Waals surface area contributed by atoms with Crippen molar-refractivity contribution in [1.82, 2.24) is 4.57 Å².